The number of sulfone groups is 1. The first-order valence-electron chi connectivity index (χ1n) is 6.14. The van der Waals surface area contributed by atoms with Crippen molar-refractivity contribution in [3.8, 4) is 17.1 Å². The Morgan fingerprint density at radius 3 is 2.67 bits per heavy atom. The molecule has 0 radical (unpaired) electrons. The van der Waals surface area contributed by atoms with Gasteiger partial charge in [0.1, 0.15) is 17.1 Å². The summed E-state index contributed by atoms with van der Waals surface area (Å²) in [6.45, 7) is 0. The second-order valence-electron chi connectivity index (χ2n) is 4.79. The van der Waals surface area contributed by atoms with Gasteiger partial charge < -0.3 is 15.8 Å². The molecule has 7 heteroatoms. The Morgan fingerprint density at radius 1 is 1.24 bits per heavy atom. The van der Waals surface area contributed by atoms with Crippen LogP contribution in [0.3, 0.4) is 0 Å². The highest BCUT2D eigenvalue weighted by atomic mass is 32.2. The minimum atomic E-state index is -3.38. The molecule has 3 rings (SSSR count). The molecule has 0 saturated carbocycles. The first-order valence-corrected chi connectivity index (χ1v) is 8.03. The molecule has 2 aromatic carbocycles. The number of phenolic OH excluding ortho intramolecular Hbond substituents is 1. The first-order chi connectivity index (χ1) is 9.86. The lowest BCUT2D eigenvalue weighted by Gasteiger charge is -2.01. The molecule has 0 aliphatic rings. The van der Waals surface area contributed by atoms with Gasteiger partial charge in [0.15, 0.2) is 9.84 Å². The van der Waals surface area contributed by atoms with Gasteiger partial charge in [-0.25, -0.2) is 13.4 Å². The minimum absolute atomic E-state index is 0.0186. The fourth-order valence-corrected chi connectivity index (χ4v) is 3.01. The maximum Gasteiger partial charge on any atom is 0.177 e. The molecule has 0 bridgehead atoms. The molecule has 21 heavy (non-hydrogen) atoms. The first kappa shape index (κ1) is 13.4. The molecule has 0 amide bonds. The molecule has 0 saturated heterocycles. The average molecular weight is 303 g/mol. The molecule has 0 aliphatic heterocycles. The molecule has 0 unspecified atom stereocenters. The summed E-state index contributed by atoms with van der Waals surface area (Å²) >= 11 is 0. The van der Waals surface area contributed by atoms with Crippen LogP contribution in [0.25, 0.3) is 22.4 Å². The number of H-pyrrole nitrogens is 1. The Bertz CT molecular complexity index is 945. The highest BCUT2D eigenvalue weighted by molar-refractivity contribution is 7.91. The van der Waals surface area contributed by atoms with Crippen molar-refractivity contribution < 1.29 is 13.5 Å². The number of hydrogen-bond donors (Lipinski definition) is 3. The van der Waals surface area contributed by atoms with E-state index < -0.39 is 9.84 Å². The largest absolute Gasteiger partial charge is 0.507 e. The number of benzene rings is 2. The van der Waals surface area contributed by atoms with Crippen molar-refractivity contribution in [1.29, 1.82) is 0 Å². The molecular weight excluding hydrogens is 290 g/mol. The number of anilines is 1. The lowest BCUT2D eigenvalue weighted by Crippen LogP contribution is -1.97. The Balaban J connectivity index is 2.27. The molecule has 4 N–H and O–H groups in total. The number of imidazole rings is 1. The Hall–Kier alpha value is -2.54. The lowest BCUT2D eigenvalue weighted by atomic mass is 10.2. The van der Waals surface area contributed by atoms with Crippen molar-refractivity contribution >= 4 is 26.6 Å². The van der Waals surface area contributed by atoms with E-state index >= 15 is 0 Å². The SMILES string of the molecule is CS(=O)(=O)c1cccc2[nH]c(-c3ccc(N)cc3O)nc12. The number of phenols is 1. The number of nitrogens with one attached hydrogen (secondary N) is 1. The Kier molecular flexibility index (Phi) is 2.87. The Labute approximate surface area is 121 Å². The number of nitrogens with two attached hydrogens (primary N) is 1. The molecule has 3 aromatic rings. The third-order valence-corrected chi connectivity index (χ3v) is 4.28. The van der Waals surface area contributed by atoms with Crippen LogP contribution in [0.1, 0.15) is 0 Å². The number of aromatic nitrogens is 2. The molecule has 0 atom stereocenters. The van der Waals surface area contributed by atoms with Gasteiger partial charge in [-0.2, -0.15) is 0 Å². The fraction of sp³-hybridized carbons (Fsp3) is 0.0714. The molecule has 0 aliphatic carbocycles. The quantitative estimate of drug-likeness (QED) is 0.627. The van der Waals surface area contributed by atoms with Crippen LogP contribution in [-0.2, 0) is 9.84 Å². The molecule has 108 valence electrons. The van der Waals surface area contributed by atoms with Crippen LogP contribution in [-0.4, -0.2) is 29.7 Å². The summed E-state index contributed by atoms with van der Waals surface area (Å²) in [4.78, 5) is 7.46. The molecule has 0 fully saturated rings. The number of rotatable bonds is 2. The second-order valence-corrected chi connectivity index (χ2v) is 6.77. The van der Waals surface area contributed by atoms with Gasteiger partial charge in [-0.15, -0.1) is 0 Å². The van der Waals surface area contributed by atoms with Gasteiger partial charge in [0.05, 0.1) is 16.0 Å². The van der Waals surface area contributed by atoms with E-state index in [-0.39, 0.29) is 10.6 Å². The number of nitrogen functional groups attached to an aromatic ring is 1. The number of para-hydroxylation sites is 1. The highest BCUT2D eigenvalue weighted by Gasteiger charge is 2.16. The number of hydrogen-bond acceptors (Lipinski definition) is 5. The fourth-order valence-electron chi connectivity index (χ4n) is 2.18. The zero-order valence-corrected chi connectivity index (χ0v) is 12.0. The number of fused-ring (bicyclic) bond motifs is 1. The molecule has 1 aromatic heterocycles. The van der Waals surface area contributed by atoms with E-state index in [1.165, 1.54) is 12.1 Å². The van der Waals surface area contributed by atoms with Crippen LogP contribution in [0.15, 0.2) is 41.3 Å². The smallest absolute Gasteiger partial charge is 0.177 e. The molecule has 6 nitrogen and oxygen atoms in total. The van der Waals surface area contributed by atoms with E-state index in [4.69, 9.17) is 5.73 Å². The highest BCUT2D eigenvalue weighted by Crippen LogP contribution is 2.31. The third kappa shape index (κ3) is 2.31. The van der Waals surface area contributed by atoms with Gasteiger partial charge in [-0.1, -0.05) is 6.07 Å². The summed E-state index contributed by atoms with van der Waals surface area (Å²) in [5.41, 5.74) is 7.42. The summed E-state index contributed by atoms with van der Waals surface area (Å²) in [6, 6.07) is 9.56. The Morgan fingerprint density at radius 2 is 2.00 bits per heavy atom. The summed E-state index contributed by atoms with van der Waals surface area (Å²) in [5.74, 6) is 0.369. The third-order valence-electron chi connectivity index (χ3n) is 3.15. The van der Waals surface area contributed by atoms with Crippen LogP contribution in [0.4, 0.5) is 5.69 Å². The summed E-state index contributed by atoms with van der Waals surface area (Å²) in [7, 11) is -3.38. The van der Waals surface area contributed by atoms with Crippen molar-refractivity contribution in [3.63, 3.8) is 0 Å². The lowest BCUT2D eigenvalue weighted by molar-refractivity contribution is 0.477. The van der Waals surface area contributed by atoms with Crippen molar-refractivity contribution in [3.05, 3.63) is 36.4 Å². The van der Waals surface area contributed by atoms with Crippen molar-refractivity contribution in [2.75, 3.05) is 12.0 Å². The summed E-state index contributed by atoms with van der Waals surface area (Å²) < 4.78 is 23.6. The zero-order valence-electron chi connectivity index (χ0n) is 11.2. The van der Waals surface area contributed by atoms with E-state index in [1.54, 1.807) is 24.3 Å². The van der Waals surface area contributed by atoms with Crippen molar-refractivity contribution in [2.24, 2.45) is 0 Å². The van der Waals surface area contributed by atoms with Crippen LogP contribution in [0, 0.1) is 0 Å². The maximum absolute atomic E-state index is 11.8. The van der Waals surface area contributed by atoms with Gasteiger partial charge in [-0.05, 0) is 24.3 Å². The van der Waals surface area contributed by atoms with E-state index in [2.05, 4.69) is 9.97 Å². The van der Waals surface area contributed by atoms with E-state index in [9.17, 15) is 13.5 Å². The predicted molar refractivity (Wildman–Crippen MR) is 80.7 cm³/mol. The van der Waals surface area contributed by atoms with Gasteiger partial charge in [0.25, 0.3) is 0 Å². The monoisotopic (exact) mass is 303 g/mol. The normalized spacial score (nSPS) is 11.9. The number of nitrogens with zero attached hydrogens (tertiary/aromatic N) is 1. The van der Waals surface area contributed by atoms with Crippen LogP contribution >= 0.6 is 0 Å². The number of aromatic amines is 1. The predicted octanol–water partition coefficient (Wildman–Crippen LogP) is 1.92. The van der Waals surface area contributed by atoms with Crippen LogP contribution in [0.2, 0.25) is 0 Å². The van der Waals surface area contributed by atoms with Gasteiger partial charge in [0, 0.05) is 18.0 Å². The maximum atomic E-state index is 11.8. The van der Waals surface area contributed by atoms with Gasteiger partial charge >= 0.3 is 0 Å². The van der Waals surface area contributed by atoms with Crippen LogP contribution < -0.4 is 5.73 Å². The summed E-state index contributed by atoms with van der Waals surface area (Å²) in [6.07, 6.45) is 1.14. The second kappa shape index (κ2) is 4.49. The minimum Gasteiger partial charge on any atom is -0.507 e. The number of aromatic hydroxyl groups is 1. The zero-order chi connectivity index (χ0) is 15.2. The van der Waals surface area contributed by atoms with E-state index in [1.807, 2.05) is 0 Å². The van der Waals surface area contributed by atoms with Gasteiger partial charge in [0.2, 0.25) is 0 Å². The summed E-state index contributed by atoms with van der Waals surface area (Å²) in [5, 5.41) is 9.94. The van der Waals surface area contributed by atoms with Crippen molar-refractivity contribution in [2.45, 2.75) is 4.90 Å². The average Bonchev–Trinajstić information content (AvgIpc) is 2.80. The van der Waals surface area contributed by atoms with Gasteiger partial charge in [-0.3, -0.25) is 0 Å². The molecular formula is C14H13N3O3S. The molecule has 1 heterocycles. The van der Waals surface area contributed by atoms with E-state index in [0.29, 0.717) is 28.1 Å². The van der Waals surface area contributed by atoms with E-state index in [0.717, 1.165) is 6.26 Å². The van der Waals surface area contributed by atoms with Crippen LogP contribution in [0.5, 0.6) is 5.75 Å². The van der Waals surface area contributed by atoms with Crippen molar-refractivity contribution in [1.82, 2.24) is 9.97 Å². The standard InChI is InChI=1S/C14H13N3O3S/c1-21(19,20)12-4-2-3-10-13(12)17-14(16-10)9-6-5-8(15)7-11(9)18/h2-7,18H,15H2,1H3,(H,16,17). The molecule has 0 spiro atoms. The topological polar surface area (TPSA) is 109 Å².